The summed E-state index contributed by atoms with van der Waals surface area (Å²) in [5.41, 5.74) is 1.44. The van der Waals surface area contributed by atoms with Crippen LogP contribution >= 0.6 is 11.8 Å². The summed E-state index contributed by atoms with van der Waals surface area (Å²) in [4.78, 5) is 0. The summed E-state index contributed by atoms with van der Waals surface area (Å²) in [5, 5.41) is 3.76. The van der Waals surface area contributed by atoms with Gasteiger partial charge in [-0.1, -0.05) is 57.0 Å². The molecule has 1 nitrogen and oxygen atoms in total. The summed E-state index contributed by atoms with van der Waals surface area (Å²) in [6, 6.07) is 11.4. The Hall–Kier alpha value is -0.470. The molecule has 0 bridgehead atoms. The number of thioether (sulfide) groups is 1. The van der Waals surface area contributed by atoms with Crippen LogP contribution in [0.2, 0.25) is 0 Å². The first-order chi connectivity index (χ1) is 8.83. The van der Waals surface area contributed by atoms with Gasteiger partial charge in [0.15, 0.2) is 0 Å². The monoisotopic (exact) mass is 265 g/mol. The average Bonchev–Trinajstić information content (AvgIpc) is 2.43. The van der Waals surface area contributed by atoms with Crippen molar-refractivity contribution in [3.63, 3.8) is 0 Å². The van der Waals surface area contributed by atoms with Gasteiger partial charge in [0, 0.05) is 6.04 Å². The Morgan fingerprint density at radius 3 is 2.33 bits per heavy atom. The van der Waals surface area contributed by atoms with E-state index in [4.69, 9.17) is 0 Å². The van der Waals surface area contributed by atoms with Crippen molar-refractivity contribution in [3.8, 4) is 0 Å². The third kappa shape index (κ3) is 5.03. The summed E-state index contributed by atoms with van der Waals surface area (Å²) >= 11 is 1.93. The minimum Gasteiger partial charge on any atom is -0.310 e. The first kappa shape index (κ1) is 15.6. The lowest BCUT2D eigenvalue weighted by Crippen LogP contribution is -2.29. The molecule has 0 saturated heterocycles. The number of hydrogen-bond donors (Lipinski definition) is 1. The highest BCUT2D eigenvalue weighted by Gasteiger charge is 2.19. The summed E-state index contributed by atoms with van der Waals surface area (Å²) < 4.78 is 0. The molecule has 0 radical (unpaired) electrons. The molecule has 1 unspecified atom stereocenters. The summed E-state index contributed by atoms with van der Waals surface area (Å²) in [6.07, 6.45) is 5.91. The molecule has 1 N–H and O–H groups in total. The van der Waals surface area contributed by atoms with Crippen LogP contribution in [-0.4, -0.2) is 18.6 Å². The largest absolute Gasteiger partial charge is 0.310 e. The molecule has 0 aliphatic carbocycles. The van der Waals surface area contributed by atoms with Gasteiger partial charge in [-0.2, -0.15) is 11.8 Å². The van der Waals surface area contributed by atoms with Gasteiger partial charge in [-0.15, -0.1) is 0 Å². The first-order valence-electron chi connectivity index (χ1n) is 7.10. The standard InChI is InChI=1S/C16H27NS/c1-4-14(5-2)16(17-12-9-13-18-3)15-10-7-6-8-11-15/h6-8,10-11,14,16-17H,4-5,9,12-13H2,1-3H3. The zero-order valence-electron chi connectivity index (χ0n) is 12.0. The van der Waals surface area contributed by atoms with Crippen LogP contribution < -0.4 is 5.32 Å². The molecule has 0 saturated carbocycles. The second-order valence-electron chi connectivity index (χ2n) is 4.77. The van der Waals surface area contributed by atoms with E-state index in [1.807, 2.05) is 11.8 Å². The molecule has 0 fully saturated rings. The van der Waals surface area contributed by atoms with E-state index in [2.05, 4.69) is 55.8 Å². The van der Waals surface area contributed by atoms with Crippen LogP contribution in [0.25, 0.3) is 0 Å². The van der Waals surface area contributed by atoms with Crippen LogP contribution in [0, 0.1) is 5.92 Å². The summed E-state index contributed by atoms with van der Waals surface area (Å²) in [7, 11) is 0. The summed E-state index contributed by atoms with van der Waals surface area (Å²) in [6.45, 7) is 5.72. The molecule has 1 rings (SSSR count). The molecule has 0 amide bonds. The Balaban J connectivity index is 2.63. The van der Waals surface area contributed by atoms with E-state index < -0.39 is 0 Å². The van der Waals surface area contributed by atoms with Crippen LogP contribution in [-0.2, 0) is 0 Å². The molecular weight excluding hydrogens is 238 g/mol. The molecule has 102 valence electrons. The third-order valence-electron chi connectivity index (χ3n) is 3.57. The molecular formula is C16H27NS. The zero-order chi connectivity index (χ0) is 13.2. The van der Waals surface area contributed by atoms with Crippen molar-refractivity contribution in [1.82, 2.24) is 5.32 Å². The lowest BCUT2D eigenvalue weighted by atomic mass is 9.89. The Morgan fingerprint density at radius 2 is 1.78 bits per heavy atom. The molecule has 1 aromatic carbocycles. The van der Waals surface area contributed by atoms with Gasteiger partial charge in [0.05, 0.1) is 0 Å². The van der Waals surface area contributed by atoms with Crippen molar-refractivity contribution in [2.24, 2.45) is 5.92 Å². The lowest BCUT2D eigenvalue weighted by Gasteiger charge is -2.27. The second-order valence-corrected chi connectivity index (χ2v) is 5.75. The van der Waals surface area contributed by atoms with Crippen LogP contribution in [0.15, 0.2) is 30.3 Å². The van der Waals surface area contributed by atoms with Crippen molar-refractivity contribution in [3.05, 3.63) is 35.9 Å². The van der Waals surface area contributed by atoms with Gasteiger partial charge in [0.25, 0.3) is 0 Å². The minimum atomic E-state index is 0.517. The quantitative estimate of drug-likeness (QED) is 0.659. The highest BCUT2D eigenvalue weighted by atomic mass is 32.2. The van der Waals surface area contributed by atoms with Gasteiger partial charge in [0.2, 0.25) is 0 Å². The van der Waals surface area contributed by atoms with E-state index in [1.165, 1.54) is 30.6 Å². The average molecular weight is 265 g/mol. The topological polar surface area (TPSA) is 12.0 Å². The molecule has 18 heavy (non-hydrogen) atoms. The Labute approximate surface area is 117 Å². The maximum atomic E-state index is 3.76. The van der Waals surface area contributed by atoms with Crippen molar-refractivity contribution in [2.75, 3.05) is 18.6 Å². The maximum Gasteiger partial charge on any atom is 0.0348 e. The predicted molar refractivity (Wildman–Crippen MR) is 84.3 cm³/mol. The van der Waals surface area contributed by atoms with E-state index in [0.29, 0.717) is 6.04 Å². The lowest BCUT2D eigenvalue weighted by molar-refractivity contribution is 0.342. The number of benzene rings is 1. The van der Waals surface area contributed by atoms with Crippen LogP contribution in [0.5, 0.6) is 0 Å². The van der Waals surface area contributed by atoms with Crippen molar-refractivity contribution < 1.29 is 0 Å². The van der Waals surface area contributed by atoms with Gasteiger partial charge >= 0.3 is 0 Å². The minimum absolute atomic E-state index is 0.517. The molecule has 0 aromatic heterocycles. The second kappa shape index (κ2) is 9.46. The Kier molecular flexibility index (Phi) is 8.19. The van der Waals surface area contributed by atoms with Gasteiger partial charge in [-0.05, 0) is 36.5 Å². The van der Waals surface area contributed by atoms with Gasteiger partial charge in [0.1, 0.15) is 0 Å². The van der Waals surface area contributed by atoms with Crippen LogP contribution in [0.4, 0.5) is 0 Å². The number of nitrogens with one attached hydrogen (secondary N) is 1. The van der Waals surface area contributed by atoms with Crippen LogP contribution in [0.1, 0.15) is 44.7 Å². The van der Waals surface area contributed by atoms with E-state index >= 15 is 0 Å². The molecule has 2 heteroatoms. The van der Waals surface area contributed by atoms with Gasteiger partial charge in [-0.25, -0.2) is 0 Å². The number of hydrogen-bond acceptors (Lipinski definition) is 2. The van der Waals surface area contributed by atoms with E-state index in [9.17, 15) is 0 Å². The fourth-order valence-electron chi connectivity index (χ4n) is 2.45. The Bertz CT molecular complexity index is 295. The van der Waals surface area contributed by atoms with E-state index in [-0.39, 0.29) is 0 Å². The fourth-order valence-corrected chi connectivity index (χ4v) is 2.88. The maximum absolute atomic E-state index is 3.76. The van der Waals surface area contributed by atoms with Gasteiger partial charge in [-0.3, -0.25) is 0 Å². The van der Waals surface area contributed by atoms with Crippen molar-refractivity contribution in [1.29, 1.82) is 0 Å². The molecule has 0 aliphatic heterocycles. The smallest absolute Gasteiger partial charge is 0.0348 e. The molecule has 0 heterocycles. The highest BCUT2D eigenvalue weighted by Crippen LogP contribution is 2.27. The fraction of sp³-hybridized carbons (Fsp3) is 0.625. The van der Waals surface area contributed by atoms with Crippen molar-refractivity contribution >= 4 is 11.8 Å². The Morgan fingerprint density at radius 1 is 1.11 bits per heavy atom. The van der Waals surface area contributed by atoms with Crippen LogP contribution in [0.3, 0.4) is 0 Å². The van der Waals surface area contributed by atoms with E-state index in [1.54, 1.807) is 0 Å². The molecule has 0 spiro atoms. The molecule has 0 aliphatic rings. The van der Waals surface area contributed by atoms with Crippen molar-refractivity contribution in [2.45, 2.75) is 39.2 Å². The molecule has 1 aromatic rings. The normalized spacial score (nSPS) is 12.9. The highest BCUT2D eigenvalue weighted by molar-refractivity contribution is 7.98. The summed E-state index contributed by atoms with van der Waals surface area (Å²) in [5.74, 6) is 1.99. The van der Waals surface area contributed by atoms with E-state index in [0.717, 1.165) is 12.5 Å². The van der Waals surface area contributed by atoms with Gasteiger partial charge < -0.3 is 5.32 Å². The third-order valence-corrected chi connectivity index (χ3v) is 4.27. The zero-order valence-corrected chi connectivity index (χ0v) is 12.8. The predicted octanol–water partition coefficient (Wildman–Crippen LogP) is 4.51. The first-order valence-corrected chi connectivity index (χ1v) is 8.50. The SMILES string of the molecule is CCC(CC)C(NCCCSC)c1ccccc1. The number of rotatable bonds is 9. The molecule has 1 atom stereocenters.